The summed E-state index contributed by atoms with van der Waals surface area (Å²) in [6, 6.07) is 17.1. The van der Waals surface area contributed by atoms with E-state index in [1.807, 2.05) is 48.5 Å². The first kappa shape index (κ1) is 20.4. The second-order valence-corrected chi connectivity index (χ2v) is 5.74. The highest BCUT2D eigenvalue weighted by molar-refractivity contribution is 6.01. The second kappa shape index (κ2) is 8.17. The van der Waals surface area contributed by atoms with Gasteiger partial charge in [-0.05, 0) is 11.6 Å². The third-order valence-corrected chi connectivity index (χ3v) is 3.72. The molecule has 1 aliphatic rings. The Hall–Kier alpha value is -2.94. The standard InChI is InChI=1S/C16H15FN2O.C2HF3O2/c17-16(10-18-11-16)15(20)19-14-9-5-4-8-13(14)12-6-2-1-3-7-12;3-2(4,5)1(6)7/h1-9,18H,10-11H2,(H,19,20);(H,6,7). The zero-order valence-electron chi connectivity index (χ0n) is 13.9. The number of carbonyl (C=O) groups is 2. The van der Waals surface area contributed by atoms with Gasteiger partial charge in [0, 0.05) is 24.3 Å². The zero-order valence-corrected chi connectivity index (χ0v) is 13.9. The molecule has 0 saturated carbocycles. The van der Waals surface area contributed by atoms with Crippen molar-refractivity contribution < 1.29 is 32.3 Å². The summed E-state index contributed by atoms with van der Waals surface area (Å²) in [5.74, 6) is -3.34. The van der Waals surface area contributed by atoms with Crippen molar-refractivity contribution in [2.24, 2.45) is 0 Å². The number of para-hydroxylation sites is 1. The SMILES string of the molecule is O=C(Nc1ccccc1-c1ccccc1)C1(F)CNC1.O=C(O)C(F)(F)F. The minimum atomic E-state index is -5.08. The largest absolute Gasteiger partial charge is 0.490 e. The Morgan fingerprint density at radius 3 is 2.00 bits per heavy atom. The fourth-order valence-electron chi connectivity index (χ4n) is 2.20. The van der Waals surface area contributed by atoms with E-state index in [1.54, 1.807) is 6.07 Å². The van der Waals surface area contributed by atoms with Gasteiger partial charge in [0.05, 0.1) is 0 Å². The average Bonchev–Trinajstić information content (AvgIpc) is 2.60. The number of amides is 1. The summed E-state index contributed by atoms with van der Waals surface area (Å²) in [6.07, 6.45) is -5.08. The van der Waals surface area contributed by atoms with Crippen molar-refractivity contribution in [1.82, 2.24) is 5.32 Å². The molecule has 0 atom stereocenters. The van der Waals surface area contributed by atoms with Crippen LogP contribution in [0.3, 0.4) is 0 Å². The highest BCUT2D eigenvalue weighted by Gasteiger charge is 2.45. The quantitative estimate of drug-likeness (QED) is 0.710. The molecule has 0 spiro atoms. The molecule has 1 fully saturated rings. The number of aliphatic carboxylic acids is 1. The molecule has 0 bridgehead atoms. The Bertz CT molecular complexity index is 806. The molecule has 0 aliphatic carbocycles. The number of benzene rings is 2. The van der Waals surface area contributed by atoms with Crippen LogP contribution in [0.5, 0.6) is 0 Å². The van der Waals surface area contributed by atoms with Gasteiger partial charge in [-0.2, -0.15) is 13.2 Å². The molecule has 9 heteroatoms. The molecule has 1 aliphatic heterocycles. The fourth-order valence-corrected chi connectivity index (χ4v) is 2.20. The van der Waals surface area contributed by atoms with Crippen LogP contribution >= 0.6 is 0 Å². The average molecular weight is 384 g/mol. The molecule has 2 aromatic carbocycles. The van der Waals surface area contributed by atoms with E-state index in [0.717, 1.165) is 11.1 Å². The highest BCUT2D eigenvalue weighted by atomic mass is 19.4. The molecule has 1 amide bonds. The summed E-state index contributed by atoms with van der Waals surface area (Å²) >= 11 is 0. The number of carboxylic acid groups (broad SMARTS) is 1. The van der Waals surface area contributed by atoms with Crippen molar-refractivity contribution in [3.63, 3.8) is 0 Å². The topological polar surface area (TPSA) is 78.4 Å². The summed E-state index contributed by atoms with van der Waals surface area (Å²) in [5.41, 5.74) is 0.720. The lowest BCUT2D eigenvalue weighted by Crippen LogP contribution is -2.62. The van der Waals surface area contributed by atoms with Crippen molar-refractivity contribution in [1.29, 1.82) is 0 Å². The number of nitrogens with one attached hydrogen (secondary N) is 2. The van der Waals surface area contributed by atoms with Gasteiger partial charge in [0.1, 0.15) is 0 Å². The van der Waals surface area contributed by atoms with Crippen molar-refractivity contribution in [3.8, 4) is 11.1 Å². The molecule has 27 heavy (non-hydrogen) atoms. The minimum absolute atomic E-state index is 0.0757. The van der Waals surface area contributed by atoms with Gasteiger partial charge in [0.25, 0.3) is 5.91 Å². The lowest BCUT2D eigenvalue weighted by molar-refractivity contribution is -0.192. The van der Waals surface area contributed by atoms with E-state index in [9.17, 15) is 22.4 Å². The molecule has 0 aromatic heterocycles. The molecule has 3 rings (SSSR count). The third-order valence-electron chi connectivity index (χ3n) is 3.72. The summed E-state index contributed by atoms with van der Waals surface area (Å²) in [7, 11) is 0. The second-order valence-electron chi connectivity index (χ2n) is 5.74. The van der Waals surface area contributed by atoms with E-state index >= 15 is 0 Å². The molecular formula is C18H16F4N2O3. The van der Waals surface area contributed by atoms with E-state index < -0.39 is 23.7 Å². The highest BCUT2D eigenvalue weighted by Crippen LogP contribution is 2.29. The van der Waals surface area contributed by atoms with Crippen LogP contribution in [0.25, 0.3) is 11.1 Å². The summed E-state index contributed by atoms with van der Waals surface area (Å²) in [5, 5.41) is 12.6. The number of carboxylic acids is 1. The molecule has 1 heterocycles. The van der Waals surface area contributed by atoms with Gasteiger partial charge in [-0.1, -0.05) is 48.5 Å². The molecule has 0 radical (unpaired) electrons. The fraction of sp³-hybridized carbons (Fsp3) is 0.222. The van der Waals surface area contributed by atoms with Gasteiger partial charge >= 0.3 is 12.1 Å². The summed E-state index contributed by atoms with van der Waals surface area (Å²) in [6.45, 7) is 0.151. The van der Waals surface area contributed by atoms with E-state index in [1.165, 1.54) is 0 Å². The molecule has 0 unspecified atom stereocenters. The van der Waals surface area contributed by atoms with Crippen molar-refractivity contribution in [3.05, 3.63) is 54.6 Å². The normalized spacial score (nSPS) is 15.0. The Morgan fingerprint density at radius 2 is 1.52 bits per heavy atom. The Kier molecular flexibility index (Phi) is 6.17. The van der Waals surface area contributed by atoms with E-state index in [2.05, 4.69) is 10.6 Å². The number of rotatable bonds is 3. The van der Waals surface area contributed by atoms with Crippen LogP contribution in [-0.2, 0) is 9.59 Å². The third kappa shape index (κ3) is 5.27. The van der Waals surface area contributed by atoms with Gasteiger partial charge < -0.3 is 15.7 Å². The van der Waals surface area contributed by atoms with Crippen LogP contribution in [0.1, 0.15) is 0 Å². The van der Waals surface area contributed by atoms with Crippen LogP contribution < -0.4 is 10.6 Å². The van der Waals surface area contributed by atoms with Gasteiger partial charge in [0.15, 0.2) is 0 Å². The first-order valence-electron chi connectivity index (χ1n) is 7.79. The van der Waals surface area contributed by atoms with Crippen LogP contribution in [-0.4, -0.2) is 41.9 Å². The van der Waals surface area contributed by atoms with Crippen molar-refractivity contribution >= 4 is 17.6 Å². The van der Waals surface area contributed by atoms with Crippen LogP contribution in [0.4, 0.5) is 23.2 Å². The number of halogens is 4. The lowest BCUT2D eigenvalue weighted by Gasteiger charge is -2.33. The Morgan fingerprint density at radius 1 is 1.00 bits per heavy atom. The number of hydrogen-bond donors (Lipinski definition) is 3. The lowest BCUT2D eigenvalue weighted by atomic mass is 9.97. The Labute approximate surface area is 152 Å². The zero-order chi connectivity index (χ0) is 20.1. The molecular weight excluding hydrogens is 368 g/mol. The summed E-state index contributed by atoms with van der Waals surface area (Å²) in [4.78, 5) is 20.9. The molecule has 2 aromatic rings. The predicted octanol–water partition coefficient (Wildman–Crippen LogP) is 3.24. The summed E-state index contributed by atoms with van der Waals surface area (Å²) < 4.78 is 45.8. The molecule has 3 N–H and O–H groups in total. The van der Waals surface area contributed by atoms with E-state index in [-0.39, 0.29) is 13.1 Å². The predicted molar refractivity (Wildman–Crippen MR) is 90.9 cm³/mol. The number of carbonyl (C=O) groups excluding carboxylic acids is 1. The molecule has 144 valence electrons. The van der Waals surface area contributed by atoms with Crippen molar-refractivity contribution in [2.75, 3.05) is 18.4 Å². The van der Waals surface area contributed by atoms with Gasteiger partial charge in [-0.15, -0.1) is 0 Å². The monoisotopic (exact) mass is 384 g/mol. The smallest absolute Gasteiger partial charge is 0.475 e. The maximum absolute atomic E-state index is 14.0. The Balaban J connectivity index is 0.000000321. The van der Waals surface area contributed by atoms with Crippen LogP contribution in [0.2, 0.25) is 0 Å². The first-order valence-corrected chi connectivity index (χ1v) is 7.79. The van der Waals surface area contributed by atoms with Gasteiger partial charge in [-0.25, -0.2) is 9.18 Å². The van der Waals surface area contributed by atoms with Crippen molar-refractivity contribution in [2.45, 2.75) is 11.8 Å². The maximum Gasteiger partial charge on any atom is 0.490 e. The number of alkyl halides is 4. The molecule has 5 nitrogen and oxygen atoms in total. The van der Waals surface area contributed by atoms with Crippen LogP contribution in [0, 0.1) is 0 Å². The number of anilines is 1. The van der Waals surface area contributed by atoms with Crippen LogP contribution in [0.15, 0.2) is 54.6 Å². The maximum atomic E-state index is 14.0. The minimum Gasteiger partial charge on any atom is -0.475 e. The van der Waals surface area contributed by atoms with Gasteiger partial charge in [-0.3, -0.25) is 4.79 Å². The molecule has 1 saturated heterocycles. The van der Waals surface area contributed by atoms with E-state index in [4.69, 9.17) is 9.90 Å². The van der Waals surface area contributed by atoms with E-state index in [0.29, 0.717) is 5.69 Å². The number of hydrogen-bond acceptors (Lipinski definition) is 3. The van der Waals surface area contributed by atoms with Gasteiger partial charge in [0.2, 0.25) is 5.67 Å². The first-order chi connectivity index (χ1) is 12.6.